The second-order valence-corrected chi connectivity index (χ2v) is 3.27. The molecule has 74 valence electrons. The summed E-state index contributed by atoms with van der Waals surface area (Å²) in [7, 11) is 0. The SMILES string of the molecule is Cc1c(CN)ccc2ccccc12.Cl. The summed E-state index contributed by atoms with van der Waals surface area (Å²) in [4.78, 5) is 0. The molecule has 0 amide bonds. The zero-order valence-electron chi connectivity index (χ0n) is 8.16. The Bertz CT molecular complexity index is 437. The maximum Gasteiger partial charge on any atom is 0.0180 e. The molecule has 0 radical (unpaired) electrons. The normalized spacial score (nSPS) is 9.86. The van der Waals surface area contributed by atoms with Crippen LogP contribution in [0.5, 0.6) is 0 Å². The Kier molecular flexibility index (Phi) is 3.50. The predicted octanol–water partition coefficient (Wildman–Crippen LogP) is 3.03. The van der Waals surface area contributed by atoms with E-state index in [1.165, 1.54) is 21.9 Å². The third kappa shape index (κ3) is 1.74. The number of aryl methyl sites for hydroxylation is 1. The van der Waals surface area contributed by atoms with Gasteiger partial charge in [-0.3, -0.25) is 0 Å². The first kappa shape index (κ1) is 11.0. The molecule has 0 aliphatic heterocycles. The van der Waals surface area contributed by atoms with Crippen molar-refractivity contribution in [2.45, 2.75) is 13.5 Å². The van der Waals surface area contributed by atoms with Crippen LogP contribution in [0.4, 0.5) is 0 Å². The molecule has 2 N–H and O–H groups in total. The Hall–Kier alpha value is -1.05. The maximum absolute atomic E-state index is 5.64. The van der Waals surface area contributed by atoms with Crippen molar-refractivity contribution in [2.24, 2.45) is 5.73 Å². The van der Waals surface area contributed by atoms with E-state index in [4.69, 9.17) is 5.73 Å². The topological polar surface area (TPSA) is 26.0 Å². The van der Waals surface area contributed by atoms with Crippen molar-refractivity contribution >= 4 is 23.2 Å². The highest BCUT2D eigenvalue weighted by molar-refractivity contribution is 5.86. The largest absolute Gasteiger partial charge is 0.326 e. The van der Waals surface area contributed by atoms with Gasteiger partial charge < -0.3 is 5.73 Å². The fourth-order valence-electron chi connectivity index (χ4n) is 1.69. The number of fused-ring (bicyclic) bond motifs is 1. The van der Waals surface area contributed by atoms with Gasteiger partial charge in [-0.05, 0) is 28.8 Å². The summed E-state index contributed by atoms with van der Waals surface area (Å²) < 4.78 is 0. The molecule has 2 heteroatoms. The first-order valence-corrected chi connectivity index (χ1v) is 4.50. The van der Waals surface area contributed by atoms with Crippen molar-refractivity contribution in [3.8, 4) is 0 Å². The molecular weight excluding hydrogens is 194 g/mol. The van der Waals surface area contributed by atoms with Gasteiger partial charge in [0.2, 0.25) is 0 Å². The molecule has 0 spiro atoms. The number of halogens is 1. The van der Waals surface area contributed by atoms with Crippen molar-refractivity contribution < 1.29 is 0 Å². The molecule has 0 saturated carbocycles. The van der Waals surface area contributed by atoms with Crippen LogP contribution in [0.25, 0.3) is 10.8 Å². The van der Waals surface area contributed by atoms with Crippen LogP contribution in [0, 0.1) is 6.92 Å². The lowest BCUT2D eigenvalue weighted by atomic mass is 10.0. The molecule has 0 unspecified atom stereocenters. The monoisotopic (exact) mass is 207 g/mol. The van der Waals surface area contributed by atoms with Gasteiger partial charge in [-0.1, -0.05) is 36.4 Å². The summed E-state index contributed by atoms with van der Waals surface area (Å²) in [6.45, 7) is 2.75. The summed E-state index contributed by atoms with van der Waals surface area (Å²) in [6.07, 6.45) is 0. The Labute approximate surface area is 90.3 Å². The van der Waals surface area contributed by atoms with E-state index >= 15 is 0 Å². The third-order valence-electron chi connectivity index (χ3n) is 2.53. The Morgan fingerprint density at radius 2 is 1.79 bits per heavy atom. The molecule has 0 aromatic heterocycles. The van der Waals surface area contributed by atoms with Crippen molar-refractivity contribution in [2.75, 3.05) is 0 Å². The Morgan fingerprint density at radius 3 is 2.50 bits per heavy atom. The van der Waals surface area contributed by atoms with Gasteiger partial charge in [-0.25, -0.2) is 0 Å². The van der Waals surface area contributed by atoms with E-state index in [1.54, 1.807) is 0 Å². The average molecular weight is 208 g/mol. The van der Waals surface area contributed by atoms with Crippen LogP contribution in [-0.4, -0.2) is 0 Å². The van der Waals surface area contributed by atoms with Crippen LogP contribution in [0.2, 0.25) is 0 Å². The summed E-state index contributed by atoms with van der Waals surface area (Å²) in [6, 6.07) is 12.6. The molecule has 14 heavy (non-hydrogen) atoms. The number of hydrogen-bond donors (Lipinski definition) is 1. The van der Waals surface area contributed by atoms with E-state index in [0.29, 0.717) is 6.54 Å². The van der Waals surface area contributed by atoms with Crippen LogP contribution in [0.3, 0.4) is 0 Å². The minimum absolute atomic E-state index is 0. The van der Waals surface area contributed by atoms with Gasteiger partial charge in [0.1, 0.15) is 0 Å². The molecule has 1 nitrogen and oxygen atoms in total. The molecule has 0 heterocycles. The fraction of sp³-hybridized carbons (Fsp3) is 0.167. The van der Waals surface area contributed by atoms with Gasteiger partial charge in [0.25, 0.3) is 0 Å². The third-order valence-corrected chi connectivity index (χ3v) is 2.53. The number of nitrogens with two attached hydrogens (primary N) is 1. The molecule has 2 aromatic carbocycles. The summed E-state index contributed by atoms with van der Waals surface area (Å²) in [5.74, 6) is 0. The van der Waals surface area contributed by atoms with Gasteiger partial charge in [0.05, 0.1) is 0 Å². The molecular formula is C12H14ClN. The van der Waals surface area contributed by atoms with Gasteiger partial charge in [-0.15, -0.1) is 12.4 Å². The molecule has 0 saturated heterocycles. The number of benzene rings is 2. The first-order chi connectivity index (χ1) is 6.33. The summed E-state index contributed by atoms with van der Waals surface area (Å²) >= 11 is 0. The van der Waals surface area contributed by atoms with Crippen molar-refractivity contribution in [3.63, 3.8) is 0 Å². The summed E-state index contributed by atoms with van der Waals surface area (Å²) in [5, 5.41) is 2.60. The zero-order chi connectivity index (χ0) is 9.26. The van der Waals surface area contributed by atoms with Gasteiger partial charge in [0.15, 0.2) is 0 Å². The molecule has 0 fully saturated rings. The van der Waals surface area contributed by atoms with Crippen LogP contribution < -0.4 is 5.73 Å². The van der Waals surface area contributed by atoms with E-state index < -0.39 is 0 Å². The van der Waals surface area contributed by atoms with Crippen molar-refractivity contribution in [3.05, 3.63) is 47.5 Å². The quantitative estimate of drug-likeness (QED) is 0.765. The minimum Gasteiger partial charge on any atom is -0.326 e. The summed E-state index contributed by atoms with van der Waals surface area (Å²) in [5.41, 5.74) is 8.18. The average Bonchev–Trinajstić information content (AvgIpc) is 2.19. The first-order valence-electron chi connectivity index (χ1n) is 4.50. The Balaban J connectivity index is 0.000000980. The van der Waals surface area contributed by atoms with E-state index in [1.807, 2.05) is 0 Å². The lowest BCUT2D eigenvalue weighted by Crippen LogP contribution is -1.98. The van der Waals surface area contributed by atoms with Gasteiger partial charge >= 0.3 is 0 Å². The van der Waals surface area contributed by atoms with Gasteiger partial charge in [-0.2, -0.15) is 0 Å². The highest BCUT2D eigenvalue weighted by Crippen LogP contribution is 2.20. The highest BCUT2D eigenvalue weighted by Gasteiger charge is 2.00. The van der Waals surface area contributed by atoms with Crippen molar-refractivity contribution in [1.29, 1.82) is 0 Å². The van der Waals surface area contributed by atoms with E-state index in [0.717, 1.165) is 0 Å². The number of rotatable bonds is 1. The van der Waals surface area contributed by atoms with Gasteiger partial charge in [0, 0.05) is 6.54 Å². The molecule has 0 atom stereocenters. The van der Waals surface area contributed by atoms with E-state index in [2.05, 4.69) is 43.3 Å². The van der Waals surface area contributed by atoms with E-state index in [-0.39, 0.29) is 12.4 Å². The lowest BCUT2D eigenvalue weighted by Gasteiger charge is -2.06. The molecule has 0 aliphatic carbocycles. The predicted molar refractivity (Wildman–Crippen MR) is 63.8 cm³/mol. The molecule has 0 bridgehead atoms. The molecule has 2 rings (SSSR count). The minimum atomic E-state index is 0. The molecule has 0 aliphatic rings. The van der Waals surface area contributed by atoms with Crippen molar-refractivity contribution in [1.82, 2.24) is 0 Å². The number of hydrogen-bond acceptors (Lipinski definition) is 1. The zero-order valence-corrected chi connectivity index (χ0v) is 8.97. The maximum atomic E-state index is 5.64. The van der Waals surface area contributed by atoms with Crippen LogP contribution >= 0.6 is 12.4 Å². The van der Waals surface area contributed by atoms with Crippen LogP contribution in [0.1, 0.15) is 11.1 Å². The second kappa shape index (κ2) is 4.45. The smallest absolute Gasteiger partial charge is 0.0180 e. The Morgan fingerprint density at radius 1 is 1.07 bits per heavy atom. The highest BCUT2D eigenvalue weighted by atomic mass is 35.5. The lowest BCUT2D eigenvalue weighted by molar-refractivity contribution is 1.06. The molecule has 2 aromatic rings. The fourth-order valence-corrected chi connectivity index (χ4v) is 1.69. The van der Waals surface area contributed by atoms with Crippen LogP contribution in [0.15, 0.2) is 36.4 Å². The standard InChI is InChI=1S/C12H13N.ClH/c1-9-11(8-13)7-6-10-4-2-3-5-12(9)10;/h2-7H,8,13H2,1H3;1H. The second-order valence-electron chi connectivity index (χ2n) is 3.27. The van der Waals surface area contributed by atoms with E-state index in [9.17, 15) is 0 Å². The van der Waals surface area contributed by atoms with Crippen LogP contribution in [-0.2, 0) is 6.54 Å².